The number of benzene rings is 2. The van der Waals surface area contributed by atoms with Gasteiger partial charge in [0, 0.05) is 40.8 Å². The van der Waals surface area contributed by atoms with Crippen molar-refractivity contribution in [1.82, 2.24) is 9.03 Å². The fraction of sp³-hybridized carbons (Fsp3) is 0.440. The lowest BCUT2D eigenvalue weighted by Crippen LogP contribution is -2.59. The van der Waals surface area contributed by atoms with Gasteiger partial charge in [-0.3, -0.25) is 0 Å². The molecule has 1 saturated heterocycles. The van der Waals surface area contributed by atoms with Crippen molar-refractivity contribution in [2.45, 2.75) is 67.3 Å². The SMILES string of the molecule is C=CC[C@@H]1[C@@H]2C[C@](c3cc(F)ccc3F)(S(=O)(=O)c3ccc(Cl)cc3)CC[C@@H]2NSN1C(C)C. The summed E-state index contributed by atoms with van der Waals surface area (Å²) < 4.78 is 62.3. The predicted octanol–water partition coefficient (Wildman–Crippen LogP) is 6.28. The van der Waals surface area contributed by atoms with E-state index in [0.29, 0.717) is 17.9 Å². The van der Waals surface area contributed by atoms with Crippen molar-refractivity contribution in [1.29, 1.82) is 0 Å². The van der Waals surface area contributed by atoms with Crippen LogP contribution < -0.4 is 4.72 Å². The molecule has 1 saturated carbocycles. The molecule has 4 nitrogen and oxygen atoms in total. The quantitative estimate of drug-likeness (QED) is 0.355. The summed E-state index contributed by atoms with van der Waals surface area (Å²) in [6, 6.07) is 9.25. The first-order chi connectivity index (χ1) is 16.1. The normalized spacial score (nSPS) is 28.0. The van der Waals surface area contributed by atoms with Gasteiger partial charge in [-0.2, -0.15) is 0 Å². The zero-order chi connectivity index (χ0) is 24.7. The molecule has 1 aliphatic heterocycles. The van der Waals surface area contributed by atoms with Crippen LogP contribution in [-0.2, 0) is 14.6 Å². The van der Waals surface area contributed by atoms with Crippen molar-refractivity contribution in [2.75, 3.05) is 0 Å². The lowest BCUT2D eigenvalue weighted by Gasteiger charge is -2.53. The molecule has 9 heteroatoms. The molecule has 2 fully saturated rings. The maximum absolute atomic E-state index is 15.3. The number of sulfone groups is 1. The maximum atomic E-state index is 15.3. The van der Waals surface area contributed by atoms with Crippen LogP contribution in [0.4, 0.5) is 8.78 Å². The van der Waals surface area contributed by atoms with Gasteiger partial charge in [0.15, 0.2) is 9.84 Å². The van der Waals surface area contributed by atoms with Gasteiger partial charge in [0.2, 0.25) is 0 Å². The minimum Gasteiger partial charge on any atom is -0.247 e. The van der Waals surface area contributed by atoms with Gasteiger partial charge >= 0.3 is 0 Å². The van der Waals surface area contributed by atoms with Gasteiger partial charge < -0.3 is 0 Å². The average Bonchev–Trinajstić information content (AvgIpc) is 2.80. The standard InChI is InChI=1S/C25H29ClF2N2O2S2/c1-4-5-24-20-15-25(21-14-18(27)8-11-22(21)28,13-12-23(20)29-33-30(24)16(2)3)34(31,32)19-9-6-17(26)7-10-19/h4,6-11,14,16,20,23-24,29H,1,5,12-13,15H2,2-3H3/t20-,23+,24-,25-/m1/s1. The lowest BCUT2D eigenvalue weighted by atomic mass is 9.71. The maximum Gasteiger partial charge on any atom is 0.188 e. The number of halogens is 3. The Morgan fingerprint density at radius 1 is 1.26 bits per heavy atom. The van der Waals surface area contributed by atoms with Crippen LogP contribution in [0.5, 0.6) is 0 Å². The van der Waals surface area contributed by atoms with Crippen LogP contribution in [0.15, 0.2) is 60.0 Å². The molecule has 0 amide bonds. The third-order valence-electron chi connectivity index (χ3n) is 7.05. The monoisotopic (exact) mass is 526 g/mol. The van der Waals surface area contributed by atoms with E-state index in [1.54, 1.807) is 12.1 Å². The van der Waals surface area contributed by atoms with Crippen molar-refractivity contribution in [3.05, 3.63) is 77.3 Å². The summed E-state index contributed by atoms with van der Waals surface area (Å²) in [5.41, 5.74) is -0.104. The first-order valence-electron chi connectivity index (χ1n) is 11.4. The average molecular weight is 527 g/mol. The second-order valence-electron chi connectivity index (χ2n) is 9.34. The zero-order valence-electron chi connectivity index (χ0n) is 19.2. The number of rotatable bonds is 6. The van der Waals surface area contributed by atoms with Crippen LogP contribution in [0.2, 0.25) is 5.02 Å². The van der Waals surface area contributed by atoms with Crippen LogP contribution in [0, 0.1) is 17.6 Å². The van der Waals surface area contributed by atoms with Gasteiger partial charge in [0.25, 0.3) is 0 Å². The Morgan fingerprint density at radius 3 is 2.62 bits per heavy atom. The molecule has 34 heavy (non-hydrogen) atoms. The fourth-order valence-corrected chi connectivity index (χ4v) is 8.87. The van der Waals surface area contributed by atoms with E-state index in [9.17, 15) is 12.8 Å². The molecule has 0 unspecified atom stereocenters. The Bertz CT molecular complexity index is 1160. The summed E-state index contributed by atoms with van der Waals surface area (Å²) in [6.07, 6.45) is 3.36. The highest BCUT2D eigenvalue weighted by Gasteiger charge is 2.56. The van der Waals surface area contributed by atoms with Gasteiger partial charge in [0.05, 0.1) is 4.90 Å². The van der Waals surface area contributed by atoms with E-state index in [-0.39, 0.29) is 47.3 Å². The van der Waals surface area contributed by atoms with Gasteiger partial charge in [-0.1, -0.05) is 17.7 Å². The smallest absolute Gasteiger partial charge is 0.188 e. The lowest BCUT2D eigenvalue weighted by molar-refractivity contribution is 0.115. The minimum absolute atomic E-state index is 0.00506. The molecule has 0 bridgehead atoms. The third-order valence-corrected chi connectivity index (χ3v) is 11.1. The molecule has 0 aromatic heterocycles. The van der Waals surface area contributed by atoms with E-state index < -0.39 is 26.2 Å². The summed E-state index contributed by atoms with van der Waals surface area (Å²) in [5.74, 6) is -1.48. The Balaban J connectivity index is 1.89. The molecule has 0 radical (unpaired) electrons. The summed E-state index contributed by atoms with van der Waals surface area (Å²) in [4.78, 5) is 0.0538. The highest BCUT2D eigenvalue weighted by atomic mass is 35.5. The number of hydrogen-bond donors (Lipinski definition) is 1. The van der Waals surface area contributed by atoms with Crippen molar-refractivity contribution in [3.8, 4) is 0 Å². The summed E-state index contributed by atoms with van der Waals surface area (Å²) in [7, 11) is -4.10. The van der Waals surface area contributed by atoms with E-state index in [1.807, 2.05) is 6.08 Å². The third kappa shape index (κ3) is 4.44. The molecule has 0 spiro atoms. The van der Waals surface area contributed by atoms with Crippen molar-refractivity contribution in [3.63, 3.8) is 0 Å². The minimum atomic E-state index is -4.10. The van der Waals surface area contributed by atoms with E-state index in [1.165, 1.54) is 24.3 Å². The number of hydrogen-bond acceptors (Lipinski definition) is 5. The highest BCUT2D eigenvalue weighted by molar-refractivity contribution is 7.95. The van der Waals surface area contributed by atoms with Gasteiger partial charge in [-0.25, -0.2) is 26.2 Å². The van der Waals surface area contributed by atoms with E-state index >= 15 is 4.39 Å². The second-order valence-corrected chi connectivity index (χ2v) is 12.9. The largest absolute Gasteiger partial charge is 0.247 e. The van der Waals surface area contributed by atoms with Crippen LogP contribution in [0.3, 0.4) is 0 Å². The molecule has 2 aromatic carbocycles. The van der Waals surface area contributed by atoms with Crippen LogP contribution in [0.1, 0.15) is 45.1 Å². The molecule has 1 heterocycles. The van der Waals surface area contributed by atoms with Gasteiger partial charge in [-0.05, 0) is 87.9 Å². The summed E-state index contributed by atoms with van der Waals surface area (Å²) >= 11 is 7.56. The van der Waals surface area contributed by atoms with Gasteiger partial charge in [-0.15, -0.1) is 6.58 Å². The van der Waals surface area contributed by atoms with Crippen LogP contribution >= 0.6 is 23.7 Å². The Hall–Kier alpha value is -1.45. The first-order valence-corrected chi connectivity index (χ1v) is 14.0. The number of fused-ring (bicyclic) bond motifs is 1. The number of nitrogens with zero attached hydrogens (tertiary/aromatic N) is 1. The van der Waals surface area contributed by atoms with Gasteiger partial charge in [0.1, 0.15) is 16.4 Å². The summed E-state index contributed by atoms with van der Waals surface area (Å²) in [6.45, 7) is 8.08. The molecule has 1 aliphatic carbocycles. The topological polar surface area (TPSA) is 49.4 Å². The molecule has 184 valence electrons. The Kier molecular flexibility index (Phi) is 7.46. The van der Waals surface area contributed by atoms with Crippen molar-refractivity contribution >= 4 is 33.6 Å². The highest BCUT2D eigenvalue weighted by Crippen LogP contribution is 2.53. The predicted molar refractivity (Wildman–Crippen MR) is 134 cm³/mol. The van der Waals surface area contributed by atoms with E-state index in [2.05, 4.69) is 29.5 Å². The Morgan fingerprint density at radius 2 is 1.97 bits per heavy atom. The molecule has 1 N–H and O–H groups in total. The van der Waals surface area contributed by atoms with Crippen LogP contribution in [-0.4, -0.2) is 30.8 Å². The molecular formula is C25H29ClF2N2O2S2. The second kappa shape index (κ2) is 9.90. The number of nitrogens with one attached hydrogen (secondary N) is 1. The van der Waals surface area contributed by atoms with Crippen molar-refractivity contribution < 1.29 is 17.2 Å². The van der Waals surface area contributed by atoms with E-state index in [4.69, 9.17) is 11.6 Å². The Labute approximate surface area is 209 Å². The van der Waals surface area contributed by atoms with Crippen LogP contribution in [0.25, 0.3) is 0 Å². The fourth-order valence-electron chi connectivity index (χ4n) is 5.42. The molecular weight excluding hydrogens is 498 g/mol. The summed E-state index contributed by atoms with van der Waals surface area (Å²) in [5, 5.41) is 0.403. The molecule has 4 rings (SSSR count). The zero-order valence-corrected chi connectivity index (χ0v) is 21.6. The molecule has 2 aliphatic rings. The van der Waals surface area contributed by atoms with E-state index in [0.717, 1.165) is 18.2 Å². The molecule has 2 aromatic rings. The first kappa shape index (κ1) is 25.6. The van der Waals surface area contributed by atoms with Crippen molar-refractivity contribution in [2.24, 2.45) is 5.92 Å². The molecule has 4 atom stereocenters.